The minimum absolute atomic E-state index is 0.202. The molecular formula is C11H15N5OS2. The number of rotatable bonds is 5. The second-order valence-corrected chi connectivity index (χ2v) is 5.75. The Morgan fingerprint density at radius 1 is 1.53 bits per heavy atom. The maximum absolute atomic E-state index is 12.0. The topological polar surface area (TPSA) is 92.9 Å². The molecule has 0 atom stereocenters. The lowest BCUT2D eigenvalue weighted by molar-refractivity contribution is 0.0956. The minimum Gasteiger partial charge on any atom is -0.382 e. The number of anilines is 2. The summed E-state index contributed by atoms with van der Waals surface area (Å²) in [5, 5.41) is 6.54. The van der Waals surface area contributed by atoms with E-state index >= 15 is 0 Å². The van der Waals surface area contributed by atoms with Gasteiger partial charge in [-0.1, -0.05) is 11.3 Å². The van der Waals surface area contributed by atoms with E-state index in [-0.39, 0.29) is 11.7 Å². The zero-order valence-electron chi connectivity index (χ0n) is 10.7. The third-order valence-corrected chi connectivity index (χ3v) is 4.40. The van der Waals surface area contributed by atoms with E-state index in [1.54, 1.807) is 5.51 Å². The van der Waals surface area contributed by atoms with E-state index in [1.165, 1.54) is 22.7 Å². The lowest BCUT2D eigenvalue weighted by Crippen LogP contribution is -2.22. The van der Waals surface area contributed by atoms with Crippen LogP contribution in [0.1, 0.15) is 27.2 Å². The number of hydrogen-bond acceptors (Lipinski definition) is 7. The normalized spacial score (nSPS) is 10.4. The molecule has 2 aromatic heterocycles. The third-order valence-electron chi connectivity index (χ3n) is 2.44. The van der Waals surface area contributed by atoms with Gasteiger partial charge in [-0.15, -0.1) is 11.3 Å². The maximum atomic E-state index is 12.0. The molecule has 0 aliphatic rings. The van der Waals surface area contributed by atoms with Crippen molar-refractivity contribution in [1.29, 1.82) is 0 Å². The summed E-state index contributed by atoms with van der Waals surface area (Å²) in [4.78, 5) is 21.7. The number of carbonyl (C=O) groups is 1. The van der Waals surface area contributed by atoms with Crippen molar-refractivity contribution in [2.24, 2.45) is 0 Å². The quantitative estimate of drug-likeness (QED) is 0.783. The first-order valence-electron chi connectivity index (χ1n) is 5.79. The van der Waals surface area contributed by atoms with Crippen LogP contribution in [0.25, 0.3) is 0 Å². The number of thiazole rings is 2. The van der Waals surface area contributed by atoms with E-state index in [0.29, 0.717) is 16.6 Å². The van der Waals surface area contributed by atoms with Crippen LogP contribution in [0.15, 0.2) is 5.51 Å². The Bertz CT molecular complexity index is 577. The number of amides is 1. The van der Waals surface area contributed by atoms with Crippen molar-refractivity contribution in [3.63, 3.8) is 0 Å². The third kappa shape index (κ3) is 3.21. The molecule has 19 heavy (non-hydrogen) atoms. The summed E-state index contributed by atoms with van der Waals surface area (Å²) in [6.45, 7) is 5.09. The molecule has 4 N–H and O–H groups in total. The lowest BCUT2D eigenvalue weighted by atomic mass is 10.4. The van der Waals surface area contributed by atoms with Gasteiger partial charge < -0.3 is 16.4 Å². The van der Waals surface area contributed by atoms with Crippen LogP contribution in [0.4, 0.5) is 10.9 Å². The van der Waals surface area contributed by atoms with E-state index in [4.69, 9.17) is 5.73 Å². The molecular weight excluding hydrogens is 282 g/mol. The summed E-state index contributed by atoms with van der Waals surface area (Å²) >= 11 is 2.78. The molecule has 2 aromatic rings. The van der Waals surface area contributed by atoms with Crippen LogP contribution < -0.4 is 16.4 Å². The van der Waals surface area contributed by atoms with E-state index in [1.807, 2.05) is 13.8 Å². The highest BCUT2D eigenvalue weighted by Gasteiger charge is 2.16. The van der Waals surface area contributed by atoms with Gasteiger partial charge in [0, 0.05) is 11.4 Å². The SMILES string of the molecule is CCNc1nc(N)c(C(=O)NCc2scnc2C)s1. The first-order valence-corrected chi connectivity index (χ1v) is 7.48. The summed E-state index contributed by atoms with van der Waals surface area (Å²) in [5.41, 5.74) is 8.45. The largest absolute Gasteiger partial charge is 0.382 e. The Balaban J connectivity index is 2.02. The van der Waals surface area contributed by atoms with Crippen LogP contribution in [0, 0.1) is 6.92 Å². The Labute approximate surface area is 119 Å². The fourth-order valence-electron chi connectivity index (χ4n) is 1.46. The smallest absolute Gasteiger partial charge is 0.265 e. The number of aromatic nitrogens is 2. The van der Waals surface area contributed by atoms with Crippen molar-refractivity contribution < 1.29 is 4.79 Å². The molecule has 0 saturated heterocycles. The van der Waals surface area contributed by atoms with Gasteiger partial charge in [-0.3, -0.25) is 4.79 Å². The highest BCUT2D eigenvalue weighted by Crippen LogP contribution is 2.24. The molecule has 6 nitrogen and oxygen atoms in total. The zero-order chi connectivity index (χ0) is 13.8. The van der Waals surface area contributed by atoms with Gasteiger partial charge in [-0.05, 0) is 13.8 Å². The Morgan fingerprint density at radius 3 is 2.95 bits per heavy atom. The number of nitrogens with one attached hydrogen (secondary N) is 2. The van der Waals surface area contributed by atoms with Crippen molar-refractivity contribution in [3.05, 3.63) is 21.0 Å². The van der Waals surface area contributed by atoms with Crippen molar-refractivity contribution in [2.75, 3.05) is 17.6 Å². The fourth-order valence-corrected chi connectivity index (χ4v) is 3.04. The summed E-state index contributed by atoms with van der Waals surface area (Å²) in [6.07, 6.45) is 0. The molecule has 102 valence electrons. The molecule has 0 aliphatic carbocycles. The number of nitrogen functional groups attached to an aromatic ring is 1. The summed E-state index contributed by atoms with van der Waals surface area (Å²) in [6, 6.07) is 0. The van der Waals surface area contributed by atoms with Gasteiger partial charge in [0.15, 0.2) is 5.13 Å². The predicted octanol–water partition coefficient (Wildman–Crippen LogP) is 1.85. The van der Waals surface area contributed by atoms with E-state index in [2.05, 4.69) is 20.6 Å². The molecule has 1 amide bonds. The number of hydrogen-bond donors (Lipinski definition) is 3. The monoisotopic (exact) mass is 297 g/mol. The van der Waals surface area contributed by atoms with Gasteiger partial charge in [0.25, 0.3) is 5.91 Å². The molecule has 2 heterocycles. The molecule has 0 spiro atoms. The van der Waals surface area contributed by atoms with Crippen molar-refractivity contribution in [3.8, 4) is 0 Å². The number of nitrogens with two attached hydrogens (primary N) is 1. The number of nitrogens with zero attached hydrogens (tertiary/aromatic N) is 2. The van der Waals surface area contributed by atoms with E-state index in [0.717, 1.165) is 17.1 Å². The van der Waals surface area contributed by atoms with Crippen LogP contribution in [-0.2, 0) is 6.54 Å². The average molecular weight is 297 g/mol. The second-order valence-electron chi connectivity index (χ2n) is 3.81. The number of carbonyl (C=O) groups excluding carboxylic acids is 1. The van der Waals surface area contributed by atoms with Crippen molar-refractivity contribution >= 4 is 39.5 Å². The maximum Gasteiger partial charge on any atom is 0.265 e. The summed E-state index contributed by atoms with van der Waals surface area (Å²) in [7, 11) is 0. The van der Waals surface area contributed by atoms with Gasteiger partial charge in [0.2, 0.25) is 0 Å². The minimum atomic E-state index is -0.202. The fraction of sp³-hybridized carbons (Fsp3) is 0.364. The van der Waals surface area contributed by atoms with Crippen LogP contribution in [0.2, 0.25) is 0 Å². The summed E-state index contributed by atoms with van der Waals surface area (Å²) < 4.78 is 0. The van der Waals surface area contributed by atoms with Crippen molar-refractivity contribution in [1.82, 2.24) is 15.3 Å². The molecule has 0 radical (unpaired) electrons. The Morgan fingerprint density at radius 2 is 2.32 bits per heavy atom. The zero-order valence-corrected chi connectivity index (χ0v) is 12.3. The predicted molar refractivity (Wildman–Crippen MR) is 78.7 cm³/mol. The molecule has 0 bridgehead atoms. The van der Waals surface area contributed by atoms with Crippen LogP contribution in [-0.4, -0.2) is 22.4 Å². The average Bonchev–Trinajstić information content (AvgIpc) is 2.93. The Kier molecular flexibility index (Phi) is 4.33. The van der Waals surface area contributed by atoms with Gasteiger partial charge >= 0.3 is 0 Å². The molecule has 8 heteroatoms. The van der Waals surface area contributed by atoms with Crippen LogP contribution >= 0.6 is 22.7 Å². The molecule has 0 aliphatic heterocycles. The molecule has 0 aromatic carbocycles. The molecule has 0 unspecified atom stereocenters. The highest BCUT2D eigenvalue weighted by molar-refractivity contribution is 7.18. The molecule has 2 rings (SSSR count). The van der Waals surface area contributed by atoms with E-state index in [9.17, 15) is 4.79 Å². The molecule has 0 fully saturated rings. The summed E-state index contributed by atoms with van der Waals surface area (Å²) in [5.74, 6) is 0.0615. The molecule has 0 saturated carbocycles. The first kappa shape index (κ1) is 13.8. The second kappa shape index (κ2) is 5.98. The van der Waals surface area contributed by atoms with Crippen LogP contribution in [0.5, 0.6) is 0 Å². The van der Waals surface area contributed by atoms with Gasteiger partial charge in [0.1, 0.15) is 10.7 Å². The lowest BCUT2D eigenvalue weighted by Gasteiger charge is -2.02. The highest BCUT2D eigenvalue weighted by atomic mass is 32.1. The number of aryl methyl sites for hydroxylation is 1. The van der Waals surface area contributed by atoms with Crippen molar-refractivity contribution in [2.45, 2.75) is 20.4 Å². The van der Waals surface area contributed by atoms with Gasteiger partial charge in [-0.2, -0.15) is 0 Å². The van der Waals surface area contributed by atoms with Gasteiger partial charge in [0.05, 0.1) is 17.7 Å². The van der Waals surface area contributed by atoms with Crippen LogP contribution in [0.3, 0.4) is 0 Å². The van der Waals surface area contributed by atoms with E-state index < -0.39 is 0 Å². The first-order chi connectivity index (χ1) is 9.11. The Hall–Kier alpha value is -1.67. The standard InChI is InChI=1S/C11H15N5OS2/c1-3-13-11-16-9(12)8(19-11)10(17)14-4-7-6(2)15-5-18-7/h5H,3-4,12H2,1-2H3,(H,13,16)(H,14,17). The van der Waals surface area contributed by atoms with Gasteiger partial charge in [-0.25, -0.2) is 9.97 Å².